The van der Waals surface area contributed by atoms with Crippen molar-refractivity contribution in [2.75, 3.05) is 0 Å². The standard InChI is InChI=1S/C33H33F3/c1-30(2,3)25-12-13-28-23(19-25)16-24-20-32(31(4,5)6,15-14-29(24)28)26-11-10-22(17-26)21-8-7-9-27(18-21)33(34,35)36/h7-10,12-20H,11H2,1-6H3. The topological polar surface area (TPSA) is 0 Å². The van der Waals surface area contributed by atoms with Gasteiger partial charge in [0.25, 0.3) is 0 Å². The molecule has 0 spiro atoms. The quantitative estimate of drug-likeness (QED) is 0.405. The maximum absolute atomic E-state index is 13.3. The van der Waals surface area contributed by atoms with Crippen molar-refractivity contribution in [1.82, 2.24) is 0 Å². The number of benzene rings is 2. The molecule has 0 N–H and O–H groups in total. The third-order valence-electron chi connectivity index (χ3n) is 7.89. The zero-order chi connectivity index (χ0) is 26.1. The molecule has 2 aromatic rings. The molecule has 1 atom stereocenters. The van der Waals surface area contributed by atoms with Gasteiger partial charge in [0, 0.05) is 5.41 Å². The number of rotatable bonds is 2. The zero-order valence-electron chi connectivity index (χ0n) is 21.8. The average Bonchev–Trinajstić information content (AvgIpc) is 3.41. The van der Waals surface area contributed by atoms with E-state index in [4.69, 9.17) is 0 Å². The molecule has 0 radical (unpaired) electrons. The van der Waals surface area contributed by atoms with Crippen LogP contribution < -0.4 is 10.4 Å². The molecule has 0 amide bonds. The molecule has 36 heavy (non-hydrogen) atoms. The van der Waals surface area contributed by atoms with E-state index in [0.29, 0.717) is 12.0 Å². The molecule has 5 rings (SSSR count). The molecule has 0 aliphatic heterocycles. The number of hydrogen-bond acceptors (Lipinski definition) is 0. The van der Waals surface area contributed by atoms with Crippen molar-refractivity contribution >= 4 is 17.2 Å². The molecule has 0 fully saturated rings. The van der Waals surface area contributed by atoms with E-state index in [0.717, 1.165) is 11.6 Å². The van der Waals surface area contributed by atoms with Gasteiger partial charge in [-0.1, -0.05) is 108 Å². The molecule has 3 heteroatoms. The molecule has 3 aliphatic carbocycles. The molecule has 186 valence electrons. The van der Waals surface area contributed by atoms with Gasteiger partial charge in [0.05, 0.1) is 5.56 Å². The maximum Gasteiger partial charge on any atom is 0.416 e. The Labute approximate surface area is 211 Å². The SMILES string of the molecule is CC(C)(C)c1ccc2c(c1)=CC1=CC(C3=CC(c4cccc(C(F)(F)F)c4)=CC3)(C(C)(C)C)C=CC=21. The predicted octanol–water partition coefficient (Wildman–Crippen LogP) is 7.89. The molecule has 0 aromatic heterocycles. The van der Waals surface area contributed by atoms with Gasteiger partial charge in [0.1, 0.15) is 0 Å². The average molecular weight is 487 g/mol. The zero-order valence-corrected chi connectivity index (χ0v) is 21.8. The van der Waals surface area contributed by atoms with Gasteiger partial charge in [-0.2, -0.15) is 13.2 Å². The van der Waals surface area contributed by atoms with Crippen LogP contribution >= 0.6 is 0 Å². The highest BCUT2D eigenvalue weighted by atomic mass is 19.4. The Morgan fingerprint density at radius 3 is 2.22 bits per heavy atom. The van der Waals surface area contributed by atoms with Crippen LogP contribution in [0, 0.1) is 10.8 Å². The van der Waals surface area contributed by atoms with Crippen LogP contribution in [0.25, 0.3) is 17.2 Å². The van der Waals surface area contributed by atoms with Crippen molar-refractivity contribution in [2.45, 2.75) is 59.6 Å². The van der Waals surface area contributed by atoms with Gasteiger partial charge < -0.3 is 0 Å². The van der Waals surface area contributed by atoms with Crippen molar-refractivity contribution in [2.24, 2.45) is 10.8 Å². The van der Waals surface area contributed by atoms with Crippen molar-refractivity contribution in [3.05, 3.63) is 111 Å². The first-order valence-corrected chi connectivity index (χ1v) is 12.6. The molecule has 0 heterocycles. The van der Waals surface area contributed by atoms with Gasteiger partial charge >= 0.3 is 6.18 Å². The Morgan fingerprint density at radius 1 is 0.806 bits per heavy atom. The molecule has 1 unspecified atom stereocenters. The van der Waals surface area contributed by atoms with Crippen molar-refractivity contribution < 1.29 is 13.2 Å². The third-order valence-corrected chi connectivity index (χ3v) is 7.89. The van der Waals surface area contributed by atoms with Crippen LogP contribution in [0.3, 0.4) is 0 Å². The smallest absolute Gasteiger partial charge is 0.166 e. The highest BCUT2D eigenvalue weighted by Gasteiger charge is 2.44. The molecule has 0 saturated heterocycles. The molecule has 0 saturated carbocycles. The van der Waals surface area contributed by atoms with Gasteiger partial charge in [-0.15, -0.1) is 0 Å². The summed E-state index contributed by atoms with van der Waals surface area (Å²) in [6.45, 7) is 13.4. The Morgan fingerprint density at radius 2 is 1.56 bits per heavy atom. The van der Waals surface area contributed by atoms with Crippen LogP contribution in [0.1, 0.15) is 64.7 Å². The predicted molar refractivity (Wildman–Crippen MR) is 143 cm³/mol. The van der Waals surface area contributed by atoms with Crippen LogP contribution in [0.15, 0.2) is 84.0 Å². The van der Waals surface area contributed by atoms with Crippen LogP contribution in [-0.4, -0.2) is 0 Å². The fraction of sp³-hybridized carbons (Fsp3) is 0.333. The van der Waals surface area contributed by atoms with Crippen LogP contribution in [0.5, 0.6) is 0 Å². The molecular formula is C33H33F3. The molecular weight excluding hydrogens is 453 g/mol. The second kappa shape index (κ2) is 7.96. The van der Waals surface area contributed by atoms with Gasteiger partial charge in [0.15, 0.2) is 0 Å². The van der Waals surface area contributed by atoms with Gasteiger partial charge in [-0.05, 0) is 73.7 Å². The highest BCUT2D eigenvalue weighted by Crippen LogP contribution is 2.54. The summed E-state index contributed by atoms with van der Waals surface area (Å²) in [5.41, 5.74) is 5.48. The van der Waals surface area contributed by atoms with Crippen molar-refractivity contribution in [3.63, 3.8) is 0 Å². The monoisotopic (exact) mass is 486 g/mol. The summed E-state index contributed by atoms with van der Waals surface area (Å²) in [6.07, 6.45) is 9.77. The Bertz CT molecular complexity index is 1490. The Balaban J connectivity index is 1.58. The van der Waals surface area contributed by atoms with Crippen LogP contribution in [0.2, 0.25) is 0 Å². The van der Waals surface area contributed by atoms with Gasteiger partial charge in [-0.25, -0.2) is 0 Å². The summed E-state index contributed by atoms with van der Waals surface area (Å²) >= 11 is 0. The minimum absolute atomic E-state index is 0.0842. The first kappa shape index (κ1) is 24.6. The first-order chi connectivity index (χ1) is 16.7. The van der Waals surface area contributed by atoms with Crippen molar-refractivity contribution in [1.29, 1.82) is 0 Å². The number of hydrogen-bond donors (Lipinski definition) is 0. The van der Waals surface area contributed by atoms with E-state index < -0.39 is 11.7 Å². The number of halogens is 3. The maximum atomic E-state index is 13.3. The fourth-order valence-corrected chi connectivity index (χ4v) is 5.65. The summed E-state index contributed by atoms with van der Waals surface area (Å²) in [4.78, 5) is 0. The minimum atomic E-state index is -4.35. The second-order valence-electron chi connectivity index (χ2n) is 12.3. The van der Waals surface area contributed by atoms with E-state index in [1.54, 1.807) is 6.07 Å². The molecule has 3 aliphatic rings. The summed E-state index contributed by atoms with van der Waals surface area (Å²) < 4.78 is 39.9. The number of alkyl halides is 3. The van der Waals surface area contributed by atoms with E-state index in [-0.39, 0.29) is 16.2 Å². The van der Waals surface area contributed by atoms with E-state index >= 15 is 0 Å². The van der Waals surface area contributed by atoms with Crippen LogP contribution in [-0.2, 0) is 11.6 Å². The van der Waals surface area contributed by atoms with E-state index in [1.807, 2.05) is 0 Å². The van der Waals surface area contributed by atoms with E-state index in [1.165, 1.54) is 44.9 Å². The van der Waals surface area contributed by atoms with Crippen LogP contribution in [0.4, 0.5) is 13.2 Å². The Kier molecular flexibility index (Phi) is 5.45. The lowest BCUT2D eigenvalue weighted by molar-refractivity contribution is -0.137. The molecule has 0 nitrogen and oxygen atoms in total. The normalized spacial score (nSPS) is 21.5. The lowest BCUT2D eigenvalue weighted by atomic mass is 9.59. The summed E-state index contributed by atoms with van der Waals surface area (Å²) in [5, 5.41) is 2.51. The first-order valence-electron chi connectivity index (χ1n) is 12.6. The summed E-state index contributed by atoms with van der Waals surface area (Å²) in [6, 6.07) is 12.4. The highest BCUT2D eigenvalue weighted by molar-refractivity contribution is 5.90. The van der Waals surface area contributed by atoms with E-state index in [9.17, 15) is 13.2 Å². The largest absolute Gasteiger partial charge is 0.416 e. The number of fused-ring (bicyclic) bond motifs is 2. The fourth-order valence-electron chi connectivity index (χ4n) is 5.65. The lowest BCUT2D eigenvalue weighted by Crippen LogP contribution is -2.35. The summed E-state index contributed by atoms with van der Waals surface area (Å²) in [7, 11) is 0. The lowest BCUT2D eigenvalue weighted by Gasteiger charge is -2.44. The number of allylic oxidation sites excluding steroid dienone is 8. The van der Waals surface area contributed by atoms with E-state index in [2.05, 4.69) is 96.2 Å². The second-order valence-corrected chi connectivity index (χ2v) is 12.3. The minimum Gasteiger partial charge on any atom is -0.166 e. The molecule has 0 bridgehead atoms. The van der Waals surface area contributed by atoms with Gasteiger partial charge in [-0.3, -0.25) is 0 Å². The third kappa shape index (κ3) is 4.03. The Hall–Kier alpha value is -3.07. The summed E-state index contributed by atoms with van der Waals surface area (Å²) in [5.74, 6) is 0. The van der Waals surface area contributed by atoms with Gasteiger partial charge in [0.2, 0.25) is 0 Å². The van der Waals surface area contributed by atoms with Crippen molar-refractivity contribution in [3.8, 4) is 0 Å². The molecule has 2 aromatic carbocycles.